The first-order valence-electron chi connectivity index (χ1n) is 9.25. The molecule has 7 heteroatoms. The number of hydrogen-bond acceptors (Lipinski definition) is 5. The number of nitriles is 1. The SMILES string of the molecule is N#Cc1ccccc1Cn1c(N2CCCC(N)C2)nc2ccc(Cl)cc2c1=O. The van der Waals surface area contributed by atoms with Crippen LogP contribution in [-0.2, 0) is 6.54 Å². The third-order valence-corrected chi connectivity index (χ3v) is 5.34. The van der Waals surface area contributed by atoms with Crippen LogP contribution in [0.4, 0.5) is 5.95 Å². The van der Waals surface area contributed by atoms with E-state index in [1.54, 1.807) is 28.8 Å². The lowest BCUT2D eigenvalue weighted by Crippen LogP contribution is -2.45. The van der Waals surface area contributed by atoms with E-state index in [2.05, 4.69) is 11.0 Å². The van der Waals surface area contributed by atoms with Crippen LogP contribution in [0.1, 0.15) is 24.0 Å². The first kappa shape index (κ1) is 18.5. The molecule has 28 heavy (non-hydrogen) atoms. The minimum atomic E-state index is -0.172. The third kappa shape index (κ3) is 3.47. The Labute approximate surface area is 167 Å². The average Bonchev–Trinajstić information content (AvgIpc) is 2.70. The first-order chi connectivity index (χ1) is 13.6. The van der Waals surface area contributed by atoms with E-state index >= 15 is 0 Å². The Kier molecular flexibility index (Phi) is 5.03. The fourth-order valence-corrected chi connectivity index (χ4v) is 3.87. The van der Waals surface area contributed by atoms with Crippen molar-refractivity contribution in [2.75, 3.05) is 18.0 Å². The number of anilines is 1. The number of fused-ring (bicyclic) bond motifs is 1. The van der Waals surface area contributed by atoms with E-state index in [4.69, 9.17) is 22.3 Å². The number of nitrogens with zero attached hydrogens (tertiary/aromatic N) is 4. The molecule has 0 radical (unpaired) electrons. The standard InChI is InChI=1S/C21H20ClN5O/c22-16-7-8-19-18(10-16)20(28)27(12-15-5-2-1-4-14(15)11-23)21(25-19)26-9-3-6-17(24)13-26/h1-2,4-5,7-8,10,17H,3,6,9,12-13,24H2. The summed E-state index contributed by atoms with van der Waals surface area (Å²) in [6.45, 7) is 1.70. The van der Waals surface area contributed by atoms with Crippen LogP contribution in [0.5, 0.6) is 0 Å². The molecular formula is C21H20ClN5O. The highest BCUT2D eigenvalue weighted by Gasteiger charge is 2.23. The maximum atomic E-state index is 13.4. The fraction of sp³-hybridized carbons (Fsp3) is 0.286. The fourth-order valence-electron chi connectivity index (χ4n) is 3.69. The van der Waals surface area contributed by atoms with Gasteiger partial charge in [-0.15, -0.1) is 0 Å². The molecule has 142 valence electrons. The summed E-state index contributed by atoms with van der Waals surface area (Å²) in [5.41, 5.74) is 7.92. The highest BCUT2D eigenvalue weighted by atomic mass is 35.5. The number of hydrogen-bond donors (Lipinski definition) is 1. The summed E-state index contributed by atoms with van der Waals surface area (Å²) in [5, 5.41) is 10.4. The second kappa shape index (κ2) is 7.63. The normalized spacial score (nSPS) is 16.9. The molecule has 0 bridgehead atoms. The van der Waals surface area contributed by atoms with E-state index in [0.717, 1.165) is 24.9 Å². The van der Waals surface area contributed by atoms with Crippen molar-refractivity contribution in [3.63, 3.8) is 0 Å². The molecule has 1 saturated heterocycles. The molecule has 1 aliphatic rings. The highest BCUT2D eigenvalue weighted by Crippen LogP contribution is 2.22. The van der Waals surface area contributed by atoms with Gasteiger partial charge in [0.15, 0.2) is 0 Å². The van der Waals surface area contributed by atoms with Crippen molar-refractivity contribution >= 4 is 28.5 Å². The number of benzene rings is 2. The van der Waals surface area contributed by atoms with Gasteiger partial charge in [-0.25, -0.2) is 4.98 Å². The van der Waals surface area contributed by atoms with Gasteiger partial charge in [-0.1, -0.05) is 29.8 Å². The quantitative estimate of drug-likeness (QED) is 0.739. The van der Waals surface area contributed by atoms with E-state index in [9.17, 15) is 10.1 Å². The van der Waals surface area contributed by atoms with Crippen LogP contribution in [0.2, 0.25) is 5.02 Å². The molecule has 3 aromatic rings. The second-order valence-corrected chi connectivity index (χ2v) is 7.52. The third-order valence-electron chi connectivity index (χ3n) is 5.10. The minimum absolute atomic E-state index is 0.0476. The Morgan fingerprint density at radius 3 is 2.89 bits per heavy atom. The molecule has 1 aromatic heterocycles. The van der Waals surface area contributed by atoms with Crippen molar-refractivity contribution in [2.24, 2.45) is 5.73 Å². The van der Waals surface area contributed by atoms with Gasteiger partial charge in [-0.2, -0.15) is 5.26 Å². The molecule has 1 aliphatic heterocycles. The van der Waals surface area contributed by atoms with Crippen LogP contribution in [0, 0.1) is 11.3 Å². The topological polar surface area (TPSA) is 87.9 Å². The van der Waals surface area contributed by atoms with Crippen LogP contribution >= 0.6 is 11.6 Å². The van der Waals surface area contributed by atoms with Gasteiger partial charge in [0.2, 0.25) is 5.95 Å². The summed E-state index contributed by atoms with van der Waals surface area (Å²) < 4.78 is 1.63. The van der Waals surface area contributed by atoms with Gasteiger partial charge in [0.25, 0.3) is 5.56 Å². The molecule has 1 unspecified atom stereocenters. The van der Waals surface area contributed by atoms with E-state index in [1.165, 1.54) is 0 Å². The number of aromatic nitrogens is 2. The molecule has 2 heterocycles. The summed E-state index contributed by atoms with van der Waals surface area (Å²) in [4.78, 5) is 20.2. The Morgan fingerprint density at radius 1 is 1.29 bits per heavy atom. The summed E-state index contributed by atoms with van der Waals surface area (Å²) in [7, 11) is 0. The molecule has 2 aromatic carbocycles. The van der Waals surface area contributed by atoms with E-state index in [1.807, 2.05) is 18.2 Å². The van der Waals surface area contributed by atoms with E-state index < -0.39 is 0 Å². The number of rotatable bonds is 3. The van der Waals surface area contributed by atoms with Crippen molar-refractivity contribution < 1.29 is 0 Å². The maximum Gasteiger partial charge on any atom is 0.263 e. The van der Waals surface area contributed by atoms with Crippen LogP contribution in [-0.4, -0.2) is 28.7 Å². The molecule has 4 rings (SSSR count). The molecule has 6 nitrogen and oxygen atoms in total. The van der Waals surface area contributed by atoms with Gasteiger partial charge in [0.1, 0.15) is 0 Å². The molecule has 0 amide bonds. The molecule has 2 N–H and O–H groups in total. The largest absolute Gasteiger partial charge is 0.341 e. The zero-order chi connectivity index (χ0) is 19.7. The average molecular weight is 394 g/mol. The van der Waals surface area contributed by atoms with Gasteiger partial charge in [-0.3, -0.25) is 9.36 Å². The molecule has 0 aliphatic carbocycles. The number of piperidine rings is 1. The summed E-state index contributed by atoms with van der Waals surface area (Å²) in [6.07, 6.45) is 1.91. The summed E-state index contributed by atoms with van der Waals surface area (Å²) in [5.74, 6) is 0.586. The van der Waals surface area contributed by atoms with Crippen molar-refractivity contribution in [1.82, 2.24) is 9.55 Å². The van der Waals surface area contributed by atoms with Crippen LogP contribution in [0.25, 0.3) is 10.9 Å². The second-order valence-electron chi connectivity index (χ2n) is 7.08. The van der Waals surface area contributed by atoms with Gasteiger partial charge < -0.3 is 10.6 Å². The van der Waals surface area contributed by atoms with Crippen molar-refractivity contribution in [2.45, 2.75) is 25.4 Å². The molecular weight excluding hydrogens is 374 g/mol. The Balaban J connectivity index is 1.91. The number of halogens is 1. The van der Waals surface area contributed by atoms with Gasteiger partial charge >= 0.3 is 0 Å². The minimum Gasteiger partial charge on any atom is -0.341 e. The van der Waals surface area contributed by atoms with Crippen molar-refractivity contribution in [3.05, 3.63) is 69.0 Å². The monoisotopic (exact) mass is 393 g/mol. The molecule has 0 spiro atoms. The first-order valence-corrected chi connectivity index (χ1v) is 9.63. The molecule has 1 atom stereocenters. The van der Waals surface area contributed by atoms with Gasteiger partial charge in [-0.05, 0) is 42.7 Å². The van der Waals surface area contributed by atoms with Gasteiger partial charge in [0.05, 0.1) is 29.1 Å². The Hall–Kier alpha value is -2.88. The lowest BCUT2D eigenvalue weighted by atomic mass is 10.1. The molecule has 0 saturated carbocycles. The number of nitrogens with two attached hydrogens (primary N) is 1. The van der Waals surface area contributed by atoms with Crippen LogP contribution < -0.4 is 16.2 Å². The lowest BCUT2D eigenvalue weighted by Gasteiger charge is -2.33. The van der Waals surface area contributed by atoms with Crippen LogP contribution in [0.3, 0.4) is 0 Å². The smallest absolute Gasteiger partial charge is 0.263 e. The van der Waals surface area contributed by atoms with E-state index in [0.29, 0.717) is 34.0 Å². The Bertz CT molecular complexity index is 1130. The van der Waals surface area contributed by atoms with Crippen LogP contribution in [0.15, 0.2) is 47.3 Å². The lowest BCUT2D eigenvalue weighted by molar-refractivity contribution is 0.492. The zero-order valence-electron chi connectivity index (χ0n) is 15.3. The summed E-state index contributed by atoms with van der Waals surface area (Å²) >= 11 is 6.11. The maximum absolute atomic E-state index is 13.4. The Morgan fingerprint density at radius 2 is 2.11 bits per heavy atom. The van der Waals surface area contributed by atoms with E-state index in [-0.39, 0.29) is 18.1 Å². The van der Waals surface area contributed by atoms with Crippen molar-refractivity contribution in [1.29, 1.82) is 5.26 Å². The predicted molar refractivity (Wildman–Crippen MR) is 111 cm³/mol. The highest BCUT2D eigenvalue weighted by molar-refractivity contribution is 6.31. The molecule has 1 fully saturated rings. The predicted octanol–water partition coefficient (Wildman–Crippen LogP) is 2.90. The van der Waals surface area contributed by atoms with Crippen molar-refractivity contribution in [3.8, 4) is 6.07 Å². The van der Waals surface area contributed by atoms with Gasteiger partial charge in [0, 0.05) is 24.2 Å². The summed E-state index contributed by atoms with van der Waals surface area (Å²) in [6, 6.07) is 14.7. The zero-order valence-corrected chi connectivity index (χ0v) is 16.1.